The quantitative estimate of drug-likeness (QED) is 0.129. The second-order valence-electron chi connectivity index (χ2n) is 14.1. The van der Waals surface area contributed by atoms with Gasteiger partial charge in [-0.05, 0) is 128 Å². The number of hydrogen-bond donors (Lipinski definition) is 1. The summed E-state index contributed by atoms with van der Waals surface area (Å²) in [7, 11) is 0. The third-order valence-corrected chi connectivity index (χ3v) is 9.26. The van der Waals surface area contributed by atoms with Gasteiger partial charge in [0.25, 0.3) is 0 Å². The topological polar surface area (TPSA) is 85.7 Å². The monoisotopic (exact) mass is 626 g/mol. The summed E-state index contributed by atoms with van der Waals surface area (Å²) in [5.41, 5.74) is 5.27. The summed E-state index contributed by atoms with van der Waals surface area (Å²) >= 11 is 0. The van der Waals surface area contributed by atoms with Gasteiger partial charge in [0.1, 0.15) is 11.4 Å². The standard InChI is InChI=1S/C38H50N4O4/c1-27(2)29-15-17-33-30(23-29)16-18-34-32(40-26-42(33)34)25-38(24-28(3)41-21-10-11-22-41,35(43)45-31-13-8-7-9-14-31)19-12-20-39-36(44)46-37(4,5)6/h7-9,13-15,17,23,26,28H,1,10-12,16,18-22,24-25H2,2-6H3,(H,39,44)/t28?,38-/m0/s1. The molecule has 0 radical (unpaired) electrons. The second kappa shape index (κ2) is 14.2. The number of para-hydroxylation sites is 1. The molecule has 1 unspecified atom stereocenters. The van der Waals surface area contributed by atoms with Gasteiger partial charge in [-0.3, -0.25) is 4.79 Å². The maximum atomic E-state index is 14.5. The van der Waals surface area contributed by atoms with Crippen molar-refractivity contribution in [1.29, 1.82) is 0 Å². The van der Waals surface area contributed by atoms with E-state index in [1.54, 1.807) is 0 Å². The molecule has 5 rings (SSSR count). The van der Waals surface area contributed by atoms with Crippen LogP contribution in [0.1, 0.15) is 89.2 Å². The van der Waals surface area contributed by atoms with Gasteiger partial charge in [0.15, 0.2) is 0 Å². The number of carbonyl (C=O) groups is 2. The highest BCUT2D eigenvalue weighted by Crippen LogP contribution is 2.40. The first-order valence-electron chi connectivity index (χ1n) is 16.8. The number of rotatable bonds is 12. The Hall–Kier alpha value is -3.91. The zero-order valence-electron chi connectivity index (χ0n) is 28.2. The van der Waals surface area contributed by atoms with Crippen LogP contribution in [0.15, 0.2) is 61.4 Å². The molecule has 1 N–H and O–H groups in total. The Bertz CT molecular complexity index is 1530. The molecule has 46 heavy (non-hydrogen) atoms. The van der Waals surface area contributed by atoms with E-state index in [1.165, 1.54) is 18.4 Å². The summed E-state index contributed by atoms with van der Waals surface area (Å²) in [6.07, 6.45) is 7.78. The molecule has 0 spiro atoms. The van der Waals surface area contributed by atoms with Crippen LogP contribution in [0.5, 0.6) is 5.75 Å². The Balaban J connectivity index is 1.46. The number of likely N-dealkylation sites (tertiary alicyclic amines) is 1. The molecule has 2 atom stereocenters. The van der Waals surface area contributed by atoms with Crippen molar-refractivity contribution in [1.82, 2.24) is 19.8 Å². The van der Waals surface area contributed by atoms with E-state index in [0.29, 0.717) is 38.0 Å². The van der Waals surface area contributed by atoms with Gasteiger partial charge in [-0.1, -0.05) is 36.4 Å². The first-order valence-corrected chi connectivity index (χ1v) is 16.8. The van der Waals surface area contributed by atoms with Crippen LogP contribution >= 0.6 is 0 Å². The molecule has 8 heteroatoms. The van der Waals surface area contributed by atoms with Crippen LogP contribution in [-0.2, 0) is 28.8 Å². The maximum absolute atomic E-state index is 14.5. The lowest BCUT2D eigenvalue weighted by atomic mass is 9.73. The molecule has 1 fully saturated rings. The molecule has 1 saturated heterocycles. The lowest BCUT2D eigenvalue weighted by Crippen LogP contribution is -2.44. The summed E-state index contributed by atoms with van der Waals surface area (Å²) in [4.78, 5) is 34.4. The van der Waals surface area contributed by atoms with Crippen molar-refractivity contribution in [2.75, 3.05) is 19.6 Å². The summed E-state index contributed by atoms with van der Waals surface area (Å²) in [6.45, 7) is 16.4. The highest BCUT2D eigenvalue weighted by atomic mass is 16.6. The van der Waals surface area contributed by atoms with E-state index in [2.05, 4.69) is 46.5 Å². The first-order chi connectivity index (χ1) is 21.9. The summed E-state index contributed by atoms with van der Waals surface area (Å²) in [6, 6.07) is 16.0. The van der Waals surface area contributed by atoms with Crippen LogP contribution in [-0.4, -0.2) is 57.8 Å². The third kappa shape index (κ3) is 8.08. The predicted molar refractivity (Wildman–Crippen MR) is 182 cm³/mol. The molecule has 8 nitrogen and oxygen atoms in total. The number of imidazole rings is 1. The molecule has 3 heterocycles. The highest BCUT2D eigenvalue weighted by Gasteiger charge is 2.44. The highest BCUT2D eigenvalue weighted by molar-refractivity contribution is 5.80. The molecule has 0 aliphatic carbocycles. The predicted octanol–water partition coefficient (Wildman–Crippen LogP) is 7.32. The van der Waals surface area contributed by atoms with E-state index >= 15 is 0 Å². The second-order valence-corrected chi connectivity index (χ2v) is 14.1. The molecule has 1 aromatic heterocycles. The number of nitrogens with zero attached hydrogens (tertiary/aromatic N) is 3. The minimum absolute atomic E-state index is 0.185. The number of fused-ring (bicyclic) bond motifs is 3. The number of carbonyl (C=O) groups excluding carboxylic acids is 2. The van der Waals surface area contributed by atoms with Gasteiger partial charge >= 0.3 is 12.1 Å². The number of nitrogens with one attached hydrogen (secondary N) is 1. The zero-order chi connectivity index (χ0) is 32.9. The number of aromatic nitrogens is 2. The van der Waals surface area contributed by atoms with Gasteiger partial charge in [-0.2, -0.15) is 0 Å². The smallest absolute Gasteiger partial charge is 0.407 e. The van der Waals surface area contributed by atoms with E-state index in [1.807, 2.05) is 64.4 Å². The fourth-order valence-corrected chi connectivity index (χ4v) is 6.92. The molecule has 2 aliphatic rings. The van der Waals surface area contributed by atoms with Crippen molar-refractivity contribution in [2.24, 2.45) is 5.41 Å². The van der Waals surface area contributed by atoms with Crippen LogP contribution in [0.4, 0.5) is 4.79 Å². The largest absolute Gasteiger partial charge is 0.444 e. The fourth-order valence-electron chi connectivity index (χ4n) is 6.92. The number of esters is 1. The van der Waals surface area contributed by atoms with Crippen LogP contribution in [0.25, 0.3) is 11.3 Å². The van der Waals surface area contributed by atoms with Crippen LogP contribution in [0.2, 0.25) is 0 Å². The van der Waals surface area contributed by atoms with Crippen molar-refractivity contribution in [3.63, 3.8) is 0 Å². The first kappa shape index (κ1) is 33.5. The van der Waals surface area contributed by atoms with Crippen molar-refractivity contribution in [3.05, 3.63) is 84.0 Å². The molecule has 2 aliphatic heterocycles. The normalized spacial score (nSPS) is 16.5. The minimum Gasteiger partial charge on any atom is -0.444 e. The molecule has 0 bridgehead atoms. The van der Waals surface area contributed by atoms with E-state index in [-0.39, 0.29) is 12.0 Å². The van der Waals surface area contributed by atoms with Crippen molar-refractivity contribution < 1.29 is 19.1 Å². The fraction of sp³-hybridized carbons (Fsp3) is 0.500. The Morgan fingerprint density at radius 1 is 1.07 bits per heavy atom. The van der Waals surface area contributed by atoms with Crippen molar-refractivity contribution in [2.45, 2.75) is 97.6 Å². The lowest BCUT2D eigenvalue weighted by Gasteiger charge is -2.37. The third-order valence-electron chi connectivity index (χ3n) is 9.26. The Labute approximate surface area is 274 Å². The van der Waals surface area contributed by atoms with E-state index in [0.717, 1.165) is 54.1 Å². The molecule has 1 amide bonds. The lowest BCUT2D eigenvalue weighted by molar-refractivity contribution is -0.148. The minimum atomic E-state index is -0.854. The van der Waals surface area contributed by atoms with Gasteiger partial charge in [0.05, 0.1) is 23.1 Å². The number of allylic oxidation sites excluding steroid dienone is 1. The molecule has 2 aromatic carbocycles. The number of amides is 1. The van der Waals surface area contributed by atoms with E-state index in [4.69, 9.17) is 14.5 Å². The van der Waals surface area contributed by atoms with Gasteiger partial charge < -0.3 is 24.3 Å². The summed E-state index contributed by atoms with van der Waals surface area (Å²) in [5.74, 6) is 0.290. The summed E-state index contributed by atoms with van der Waals surface area (Å²) in [5, 5.41) is 2.89. The maximum Gasteiger partial charge on any atom is 0.407 e. The average molecular weight is 627 g/mol. The van der Waals surface area contributed by atoms with Crippen LogP contribution in [0, 0.1) is 5.41 Å². The molecular weight excluding hydrogens is 576 g/mol. The average Bonchev–Trinajstić information content (AvgIpc) is 3.69. The van der Waals surface area contributed by atoms with Gasteiger partial charge in [-0.15, -0.1) is 0 Å². The zero-order valence-corrected chi connectivity index (χ0v) is 28.2. The molecular formula is C38H50N4O4. The number of benzene rings is 2. The Morgan fingerprint density at radius 3 is 2.50 bits per heavy atom. The van der Waals surface area contributed by atoms with E-state index in [9.17, 15) is 9.59 Å². The molecule has 246 valence electrons. The SMILES string of the molecule is C=C(C)c1ccc2c(c1)CCc1c(C[C@](CCCNC(=O)OC(C)(C)C)(CC(C)N3CCCC3)C(=O)Oc3ccccc3)ncn1-2. The van der Waals surface area contributed by atoms with Gasteiger partial charge in [0.2, 0.25) is 0 Å². The summed E-state index contributed by atoms with van der Waals surface area (Å²) < 4.78 is 13.8. The number of aryl methyl sites for hydroxylation is 1. The number of ether oxygens (including phenoxy) is 2. The molecule has 3 aromatic rings. The van der Waals surface area contributed by atoms with E-state index < -0.39 is 17.1 Å². The van der Waals surface area contributed by atoms with Gasteiger partial charge in [-0.25, -0.2) is 9.78 Å². The van der Waals surface area contributed by atoms with Crippen LogP contribution in [0.3, 0.4) is 0 Å². The number of hydrogen-bond acceptors (Lipinski definition) is 6. The van der Waals surface area contributed by atoms with Crippen molar-refractivity contribution >= 4 is 17.6 Å². The Kier molecular flexibility index (Phi) is 10.4. The number of alkyl carbamates (subject to hydrolysis) is 1. The Morgan fingerprint density at radius 2 is 1.80 bits per heavy atom. The van der Waals surface area contributed by atoms with Crippen LogP contribution < -0.4 is 10.1 Å². The van der Waals surface area contributed by atoms with Crippen molar-refractivity contribution in [3.8, 4) is 11.4 Å². The van der Waals surface area contributed by atoms with Gasteiger partial charge in [0, 0.05) is 24.7 Å². The molecule has 0 saturated carbocycles.